The van der Waals surface area contributed by atoms with Crippen molar-refractivity contribution >= 4 is 40.8 Å². The van der Waals surface area contributed by atoms with Gasteiger partial charge in [-0.3, -0.25) is 4.79 Å². The summed E-state index contributed by atoms with van der Waals surface area (Å²) in [4.78, 5) is 24.8. The minimum Gasteiger partial charge on any atom is -0.465 e. The summed E-state index contributed by atoms with van der Waals surface area (Å²) in [6, 6.07) is 15.2. The average molecular weight is 418 g/mol. The first-order valence-electron chi connectivity index (χ1n) is 8.14. The average Bonchev–Trinajstić information content (AvgIpc) is 2.68. The lowest BCUT2D eigenvalue weighted by molar-refractivity contribution is 0.0602. The molecule has 3 rings (SSSR count). The largest absolute Gasteiger partial charge is 0.465 e. The summed E-state index contributed by atoms with van der Waals surface area (Å²) in [5.41, 5.74) is 2.01. The standard InChI is InChI=1S/C21H14Cl2FNO3/c1-28-21(27)17-10-13(12-2-6-15(24)7-3-12)4-9-19(17)25-20(26)16-8-5-14(22)11-18(16)23/h2-11H,1H3,(H,25,26). The van der Waals surface area contributed by atoms with Crippen LogP contribution in [0.5, 0.6) is 0 Å². The van der Waals surface area contributed by atoms with Gasteiger partial charge in [-0.2, -0.15) is 0 Å². The summed E-state index contributed by atoms with van der Waals surface area (Å²) in [6.45, 7) is 0. The molecule has 3 aromatic carbocycles. The Labute approximate surface area is 170 Å². The molecule has 0 unspecified atom stereocenters. The van der Waals surface area contributed by atoms with Gasteiger partial charge in [-0.15, -0.1) is 0 Å². The number of hydrogen-bond acceptors (Lipinski definition) is 3. The lowest BCUT2D eigenvalue weighted by atomic mass is 10.0. The SMILES string of the molecule is COC(=O)c1cc(-c2ccc(F)cc2)ccc1NC(=O)c1ccc(Cl)cc1Cl. The van der Waals surface area contributed by atoms with Gasteiger partial charge in [0.2, 0.25) is 0 Å². The molecule has 0 spiro atoms. The molecule has 1 N–H and O–H groups in total. The van der Waals surface area contributed by atoms with E-state index < -0.39 is 11.9 Å². The molecule has 0 fully saturated rings. The van der Waals surface area contributed by atoms with E-state index in [0.717, 1.165) is 0 Å². The summed E-state index contributed by atoms with van der Waals surface area (Å²) in [7, 11) is 1.24. The summed E-state index contributed by atoms with van der Waals surface area (Å²) < 4.78 is 18.0. The van der Waals surface area contributed by atoms with Crippen molar-refractivity contribution in [3.63, 3.8) is 0 Å². The number of halogens is 3. The number of nitrogens with one attached hydrogen (secondary N) is 1. The molecular weight excluding hydrogens is 404 g/mol. The Morgan fingerprint density at radius 3 is 2.21 bits per heavy atom. The molecule has 0 aliphatic carbocycles. The van der Waals surface area contributed by atoms with Gasteiger partial charge in [-0.25, -0.2) is 9.18 Å². The van der Waals surface area contributed by atoms with Crippen molar-refractivity contribution in [3.8, 4) is 11.1 Å². The molecule has 4 nitrogen and oxygen atoms in total. The minimum atomic E-state index is -0.624. The lowest BCUT2D eigenvalue weighted by Crippen LogP contribution is -2.16. The zero-order valence-corrected chi connectivity index (χ0v) is 16.1. The fraction of sp³-hybridized carbons (Fsp3) is 0.0476. The highest BCUT2D eigenvalue weighted by atomic mass is 35.5. The second kappa shape index (κ2) is 8.42. The fourth-order valence-electron chi connectivity index (χ4n) is 2.62. The van der Waals surface area contributed by atoms with Gasteiger partial charge in [-0.1, -0.05) is 41.4 Å². The molecule has 0 aromatic heterocycles. The number of methoxy groups -OCH3 is 1. The molecule has 3 aromatic rings. The fourth-order valence-corrected chi connectivity index (χ4v) is 3.11. The molecule has 0 aliphatic heterocycles. The van der Waals surface area contributed by atoms with Gasteiger partial charge in [-0.05, 0) is 53.6 Å². The number of anilines is 1. The summed E-state index contributed by atoms with van der Waals surface area (Å²) in [6.07, 6.45) is 0. The normalized spacial score (nSPS) is 10.4. The predicted octanol–water partition coefficient (Wildman–Crippen LogP) is 5.84. The van der Waals surface area contributed by atoms with Crippen molar-refractivity contribution in [3.05, 3.63) is 87.7 Å². The summed E-state index contributed by atoms with van der Waals surface area (Å²) in [5, 5.41) is 3.25. The van der Waals surface area contributed by atoms with Crippen LogP contribution in [0.25, 0.3) is 11.1 Å². The number of amides is 1. The van der Waals surface area contributed by atoms with Gasteiger partial charge in [0.15, 0.2) is 0 Å². The van der Waals surface area contributed by atoms with Gasteiger partial charge in [0.25, 0.3) is 5.91 Å². The minimum absolute atomic E-state index is 0.155. The third-order valence-electron chi connectivity index (χ3n) is 4.03. The van der Waals surface area contributed by atoms with E-state index in [-0.39, 0.29) is 27.7 Å². The van der Waals surface area contributed by atoms with Crippen molar-refractivity contribution in [1.82, 2.24) is 0 Å². The molecule has 0 atom stereocenters. The first-order valence-corrected chi connectivity index (χ1v) is 8.89. The highest BCUT2D eigenvalue weighted by Gasteiger charge is 2.18. The third kappa shape index (κ3) is 4.32. The van der Waals surface area contributed by atoms with E-state index in [0.29, 0.717) is 16.1 Å². The van der Waals surface area contributed by atoms with E-state index in [1.54, 1.807) is 36.4 Å². The Bertz CT molecular complexity index is 1050. The van der Waals surface area contributed by atoms with E-state index in [1.807, 2.05) is 0 Å². The third-order valence-corrected chi connectivity index (χ3v) is 4.57. The molecule has 0 saturated heterocycles. The number of hydrogen-bond donors (Lipinski definition) is 1. The van der Waals surface area contributed by atoms with Crippen LogP contribution in [0.1, 0.15) is 20.7 Å². The second-order valence-electron chi connectivity index (χ2n) is 5.84. The smallest absolute Gasteiger partial charge is 0.339 e. The van der Waals surface area contributed by atoms with E-state index in [9.17, 15) is 14.0 Å². The van der Waals surface area contributed by atoms with E-state index in [4.69, 9.17) is 27.9 Å². The molecular formula is C21H14Cl2FNO3. The monoisotopic (exact) mass is 417 g/mol. The van der Waals surface area contributed by atoms with Crippen LogP contribution in [0, 0.1) is 5.82 Å². The van der Waals surface area contributed by atoms with Gasteiger partial charge in [0.1, 0.15) is 5.82 Å². The van der Waals surface area contributed by atoms with Crippen LogP contribution in [0.3, 0.4) is 0 Å². The number of benzene rings is 3. The number of ether oxygens (including phenoxy) is 1. The van der Waals surface area contributed by atoms with Crippen LogP contribution < -0.4 is 5.32 Å². The van der Waals surface area contributed by atoms with Gasteiger partial charge in [0.05, 0.1) is 28.9 Å². The van der Waals surface area contributed by atoms with E-state index in [2.05, 4.69) is 5.32 Å². The van der Waals surface area contributed by atoms with E-state index >= 15 is 0 Å². The Balaban J connectivity index is 1.97. The van der Waals surface area contributed by atoms with Crippen LogP contribution in [-0.4, -0.2) is 19.0 Å². The highest BCUT2D eigenvalue weighted by Crippen LogP contribution is 2.28. The Morgan fingerprint density at radius 2 is 1.57 bits per heavy atom. The van der Waals surface area contributed by atoms with E-state index in [1.165, 1.54) is 31.4 Å². The second-order valence-corrected chi connectivity index (χ2v) is 6.68. The molecule has 28 heavy (non-hydrogen) atoms. The zero-order valence-electron chi connectivity index (χ0n) is 14.6. The first-order chi connectivity index (χ1) is 13.4. The molecule has 142 valence electrons. The Kier molecular flexibility index (Phi) is 5.97. The van der Waals surface area contributed by atoms with Crippen molar-refractivity contribution in [2.45, 2.75) is 0 Å². The number of esters is 1. The van der Waals surface area contributed by atoms with Crippen LogP contribution >= 0.6 is 23.2 Å². The Hall–Kier alpha value is -2.89. The van der Waals surface area contributed by atoms with Gasteiger partial charge < -0.3 is 10.1 Å². The number of carbonyl (C=O) groups is 2. The van der Waals surface area contributed by atoms with Crippen LogP contribution in [0.15, 0.2) is 60.7 Å². The van der Waals surface area contributed by atoms with Crippen LogP contribution in [0.2, 0.25) is 10.0 Å². The molecule has 0 radical (unpaired) electrons. The topological polar surface area (TPSA) is 55.4 Å². The van der Waals surface area contributed by atoms with Gasteiger partial charge >= 0.3 is 5.97 Å². The maximum Gasteiger partial charge on any atom is 0.339 e. The summed E-state index contributed by atoms with van der Waals surface area (Å²) >= 11 is 11.9. The quantitative estimate of drug-likeness (QED) is 0.542. The van der Waals surface area contributed by atoms with Crippen LogP contribution in [0.4, 0.5) is 10.1 Å². The zero-order chi connectivity index (χ0) is 20.3. The summed E-state index contributed by atoms with van der Waals surface area (Å²) in [5.74, 6) is -1.48. The molecule has 7 heteroatoms. The van der Waals surface area contributed by atoms with Crippen molar-refractivity contribution < 1.29 is 18.7 Å². The highest BCUT2D eigenvalue weighted by molar-refractivity contribution is 6.37. The molecule has 0 aliphatic rings. The lowest BCUT2D eigenvalue weighted by Gasteiger charge is -2.13. The molecule has 0 heterocycles. The van der Waals surface area contributed by atoms with Crippen LogP contribution in [-0.2, 0) is 4.74 Å². The predicted molar refractivity (Wildman–Crippen MR) is 108 cm³/mol. The number of rotatable bonds is 4. The van der Waals surface area contributed by atoms with Crippen molar-refractivity contribution in [2.75, 3.05) is 12.4 Å². The maximum absolute atomic E-state index is 13.2. The maximum atomic E-state index is 13.2. The van der Waals surface area contributed by atoms with Crippen molar-refractivity contribution in [1.29, 1.82) is 0 Å². The number of carbonyl (C=O) groups excluding carboxylic acids is 2. The molecule has 0 saturated carbocycles. The van der Waals surface area contributed by atoms with Crippen molar-refractivity contribution in [2.24, 2.45) is 0 Å². The Morgan fingerprint density at radius 1 is 0.893 bits per heavy atom. The van der Waals surface area contributed by atoms with Gasteiger partial charge in [0, 0.05) is 5.02 Å². The first kappa shape index (κ1) is 19.9. The molecule has 1 amide bonds. The molecule has 0 bridgehead atoms.